The molecule has 0 spiro atoms. The number of nitrogens with one attached hydrogen (secondary N) is 1. The number of carbonyl (C=O) groups is 3. The molecule has 0 atom stereocenters. The summed E-state index contributed by atoms with van der Waals surface area (Å²) >= 11 is 0. The largest absolute Gasteiger partial charge is 0.480 e. The Labute approximate surface area is 124 Å². The fraction of sp³-hybridized carbons (Fsp3) is 0.438. The number of amides is 1. The van der Waals surface area contributed by atoms with Gasteiger partial charge < -0.3 is 10.4 Å². The van der Waals surface area contributed by atoms with Crippen LogP contribution in [0.1, 0.15) is 48.5 Å². The number of carboxylic acids is 1. The normalized spacial score (nSPS) is 10.1. The van der Waals surface area contributed by atoms with Gasteiger partial charge in [0.25, 0.3) is 0 Å². The lowest BCUT2D eigenvalue weighted by molar-refractivity contribution is -0.137. The molecule has 114 valence electrons. The van der Waals surface area contributed by atoms with Crippen LogP contribution in [0.15, 0.2) is 24.3 Å². The Morgan fingerprint density at radius 3 is 2.33 bits per heavy atom. The average Bonchev–Trinajstić information content (AvgIpc) is 2.49. The van der Waals surface area contributed by atoms with Crippen molar-refractivity contribution in [1.82, 2.24) is 5.32 Å². The molecular weight excluding hydrogens is 270 g/mol. The summed E-state index contributed by atoms with van der Waals surface area (Å²) in [6.07, 6.45) is 3.34. The number of aliphatic carboxylic acids is 1. The number of unbranched alkanes of at least 4 members (excludes halogenated alkanes) is 1. The lowest BCUT2D eigenvalue weighted by Crippen LogP contribution is -2.29. The summed E-state index contributed by atoms with van der Waals surface area (Å²) in [7, 11) is 0. The maximum Gasteiger partial charge on any atom is 0.322 e. The van der Waals surface area contributed by atoms with E-state index in [9.17, 15) is 14.4 Å². The van der Waals surface area contributed by atoms with Crippen molar-refractivity contribution < 1.29 is 19.5 Å². The van der Waals surface area contributed by atoms with Crippen LogP contribution in [0.5, 0.6) is 0 Å². The molecule has 5 nitrogen and oxygen atoms in total. The van der Waals surface area contributed by atoms with Crippen LogP contribution in [0.4, 0.5) is 0 Å². The van der Waals surface area contributed by atoms with Crippen LogP contribution in [0.2, 0.25) is 0 Å². The zero-order valence-corrected chi connectivity index (χ0v) is 12.2. The van der Waals surface area contributed by atoms with Crippen molar-refractivity contribution in [3.8, 4) is 0 Å². The molecule has 0 aliphatic heterocycles. The number of benzene rings is 1. The summed E-state index contributed by atoms with van der Waals surface area (Å²) in [5, 5.41) is 10.7. The molecule has 0 aliphatic carbocycles. The van der Waals surface area contributed by atoms with Gasteiger partial charge in [0.2, 0.25) is 5.91 Å². The van der Waals surface area contributed by atoms with E-state index in [2.05, 4.69) is 12.2 Å². The highest BCUT2D eigenvalue weighted by molar-refractivity contribution is 5.98. The highest BCUT2D eigenvalue weighted by atomic mass is 16.4. The third-order valence-electron chi connectivity index (χ3n) is 3.11. The van der Waals surface area contributed by atoms with Gasteiger partial charge in [-0.2, -0.15) is 0 Å². The third kappa shape index (κ3) is 6.70. The van der Waals surface area contributed by atoms with E-state index in [4.69, 9.17) is 5.11 Å². The summed E-state index contributed by atoms with van der Waals surface area (Å²) < 4.78 is 0. The van der Waals surface area contributed by atoms with Crippen LogP contribution < -0.4 is 5.32 Å². The molecule has 0 saturated heterocycles. The molecule has 1 amide bonds. The molecule has 0 aromatic heterocycles. The number of carbonyl (C=O) groups excluding carboxylic acids is 2. The van der Waals surface area contributed by atoms with E-state index >= 15 is 0 Å². The zero-order chi connectivity index (χ0) is 15.7. The fourth-order valence-corrected chi connectivity index (χ4v) is 1.87. The standard InChI is InChI=1S/C16H21NO4/c1-2-3-4-12-5-7-13(8-6-12)14(18)9-10-15(19)17-11-16(20)21/h5-8H,2-4,9-11H2,1H3,(H,17,19)(H,20,21). The molecule has 2 N–H and O–H groups in total. The average molecular weight is 291 g/mol. The second-order valence-corrected chi connectivity index (χ2v) is 4.89. The van der Waals surface area contributed by atoms with Crippen molar-refractivity contribution in [2.24, 2.45) is 0 Å². The quantitative estimate of drug-likeness (QED) is 0.683. The third-order valence-corrected chi connectivity index (χ3v) is 3.11. The Morgan fingerprint density at radius 2 is 1.76 bits per heavy atom. The lowest BCUT2D eigenvalue weighted by atomic mass is 10.0. The monoisotopic (exact) mass is 291 g/mol. The summed E-state index contributed by atoms with van der Waals surface area (Å²) in [5.41, 5.74) is 1.79. The number of hydrogen-bond donors (Lipinski definition) is 2. The number of Topliss-reactive ketones (excluding diaryl/α,β-unsaturated/α-hetero) is 1. The van der Waals surface area contributed by atoms with E-state index in [0.29, 0.717) is 5.56 Å². The van der Waals surface area contributed by atoms with Crippen LogP contribution in [0, 0.1) is 0 Å². The lowest BCUT2D eigenvalue weighted by Gasteiger charge is -2.04. The van der Waals surface area contributed by atoms with Crippen molar-refractivity contribution >= 4 is 17.7 Å². The minimum absolute atomic E-state index is 0.00367. The van der Waals surface area contributed by atoms with Crippen molar-refractivity contribution in [3.05, 3.63) is 35.4 Å². The first-order chi connectivity index (χ1) is 10.0. The van der Waals surface area contributed by atoms with Crippen LogP contribution in [-0.4, -0.2) is 29.3 Å². The molecule has 1 rings (SSSR count). The van der Waals surface area contributed by atoms with E-state index in [1.54, 1.807) is 12.1 Å². The van der Waals surface area contributed by atoms with Gasteiger partial charge >= 0.3 is 5.97 Å². The van der Waals surface area contributed by atoms with Gasteiger partial charge in [-0.15, -0.1) is 0 Å². The Balaban J connectivity index is 2.41. The molecule has 0 radical (unpaired) electrons. The molecule has 0 bridgehead atoms. The molecule has 0 aliphatic rings. The predicted molar refractivity (Wildman–Crippen MR) is 79.3 cm³/mol. The zero-order valence-electron chi connectivity index (χ0n) is 12.2. The maximum absolute atomic E-state index is 11.9. The second-order valence-electron chi connectivity index (χ2n) is 4.89. The van der Waals surface area contributed by atoms with Crippen LogP contribution in [-0.2, 0) is 16.0 Å². The first-order valence-electron chi connectivity index (χ1n) is 7.13. The van der Waals surface area contributed by atoms with Crippen LogP contribution >= 0.6 is 0 Å². The van der Waals surface area contributed by atoms with Gasteiger partial charge in [0.1, 0.15) is 6.54 Å². The van der Waals surface area contributed by atoms with Gasteiger partial charge in [-0.1, -0.05) is 37.6 Å². The predicted octanol–water partition coefficient (Wildman–Crippen LogP) is 2.19. The number of hydrogen-bond acceptors (Lipinski definition) is 3. The summed E-state index contributed by atoms with van der Waals surface area (Å²) in [5.74, 6) is -1.63. The Kier molecular flexibility index (Phi) is 7.15. The van der Waals surface area contributed by atoms with E-state index in [1.807, 2.05) is 12.1 Å². The van der Waals surface area contributed by atoms with Crippen molar-refractivity contribution in [1.29, 1.82) is 0 Å². The van der Waals surface area contributed by atoms with Gasteiger partial charge in [0.05, 0.1) is 0 Å². The Hall–Kier alpha value is -2.17. The van der Waals surface area contributed by atoms with Gasteiger partial charge in [0.15, 0.2) is 5.78 Å². The first-order valence-corrected chi connectivity index (χ1v) is 7.13. The number of aryl methyl sites for hydroxylation is 1. The fourth-order valence-electron chi connectivity index (χ4n) is 1.87. The number of ketones is 1. The minimum atomic E-state index is -1.10. The SMILES string of the molecule is CCCCc1ccc(C(=O)CCC(=O)NCC(=O)O)cc1. The molecule has 0 unspecified atom stereocenters. The molecule has 21 heavy (non-hydrogen) atoms. The molecule has 1 aromatic carbocycles. The van der Waals surface area contributed by atoms with Crippen molar-refractivity contribution in [2.75, 3.05) is 6.54 Å². The van der Waals surface area contributed by atoms with Gasteiger partial charge in [-0.3, -0.25) is 14.4 Å². The molecule has 1 aromatic rings. The van der Waals surface area contributed by atoms with Crippen LogP contribution in [0.25, 0.3) is 0 Å². The Bertz CT molecular complexity index is 494. The molecule has 0 fully saturated rings. The van der Waals surface area contributed by atoms with Gasteiger partial charge in [0, 0.05) is 18.4 Å². The highest BCUT2D eigenvalue weighted by Crippen LogP contribution is 2.10. The molecular formula is C16H21NO4. The smallest absolute Gasteiger partial charge is 0.322 e. The van der Waals surface area contributed by atoms with Crippen LogP contribution in [0.3, 0.4) is 0 Å². The van der Waals surface area contributed by atoms with Gasteiger partial charge in [-0.25, -0.2) is 0 Å². The van der Waals surface area contributed by atoms with Crippen molar-refractivity contribution in [2.45, 2.75) is 39.0 Å². The number of rotatable bonds is 9. The van der Waals surface area contributed by atoms with E-state index in [1.165, 1.54) is 5.56 Å². The molecule has 5 heteroatoms. The highest BCUT2D eigenvalue weighted by Gasteiger charge is 2.10. The minimum Gasteiger partial charge on any atom is -0.480 e. The van der Waals surface area contributed by atoms with Gasteiger partial charge in [-0.05, 0) is 18.4 Å². The van der Waals surface area contributed by atoms with E-state index in [-0.39, 0.29) is 18.6 Å². The second kappa shape index (κ2) is 8.89. The number of carboxylic acid groups (broad SMARTS) is 1. The maximum atomic E-state index is 11.9. The topological polar surface area (TPSA) is 83.5 Å². The first kappa shape index (κ1) is 16.9. The molecule has 0 heterocycles. The van der Waals surface area contributed by atoms with Crippen molar-refractivity contribution in [3.63, 3.8) is 0 Å². The summed E-state index contributed by atoms with van der Waals surface area (Å²) in [6.45, 7) is 1.71. The summed E-state index contributed by atoms with van der Waals surface area (Å²) in [6, 6.07) is 7.44. The van der Waals surface area contributed by atoms with E-state index < -0.39 is 18.4 Å². The van der Waals surface area contributed by atoms with E-state index in [0.717, 1.165) is 19.3 Å². The Morgan fingerprint density at radius 1 is 1.10 bits per heavy atom. The molecule has 0 saturated carbocycles. The summed E-state index contributed by atoms with van der Waals surface area (Å²) in [4.78, 5) is 33.5.